The maximum absolute atomic E-state index is 13.5. The van der Waals surface area contributed by atoms with Gasteiger partial charge >= 0.3 is 11.9 Å². The number of esters is 2. The summed E-state index contributed by atoms with van der Waals surface area (Å²) in [5.74, 6) is -1.66. The van der Waals surface area contributed by atoms with Gasteiger partial charge in [0, 0.05) is 0 Å². The Morgan fingerprint density at radius 2 is 1.73 bits per heavy atom. The van der Waals surface area contributed by atoms with Crippen LogP contribution in [0.3, 0.4) is 0 Å². The third kappa shape index (κ3) is 5.40. The number of hydrogen-bond donors (Lipinski definition) is 2. The second kappa shape index (κ2) is 12.3. The van der Waals surface area contributed by atoms with Crippen LogP contribution < -0.4 is 20.7 Å². The lowest BCUT2D eigenvalue weighted by Crippen LogP contribution is -2.41. The summed E-state index contributed by atoms with van der Waals surface area (Å²) < 4.78 is 16.6. The third-order valence-corrected chi connectivity index (χ3v) is 7.34. The van der Waals surface area contributed by atoms with Gasteiger partial charge in [0.05, 0.1) is 49.1 Å². The quantitative estimate of drug-likeness (QED) is 0.494. The van der Waals surface area contributed by atoms with Gasteiger partial charge in [0.2, 0.25) is 0 Å². The number of nitrogens with two attached hydrogens (primary N) is 1. The first-order chi connectivity index (χ1) is 19.2. The molecule has 0 saturated carbocycles. The number of carbonyl (C=O) groups excluding carboxylic acids is 2. The molecule has 9 heteroatoms. The smallest absolute Gasteiger partial charge is 0.355 e. The predicted octanol–water partition coefficient (Wildman–Crippen LogP) is 4.15. The zero-order valence-corrected chi connectivity index (χ0v) is 23.6. The average molecular weight is 545 g/mol. The van der Waals surface area contributed by atoms with Crippen molar-refractivity contribution in [3.8, 4) is 11.8 Å². The minimum atomic E-state index is -0.937. The average Bonchev–Trinajstić information content (AvgIpc) is 2.97. The summed E-state index contributed by atoms with van der Waals surface area (Å²) in [5, 5.41) is 13.8. The summed E-state index contributed by atoms with van der Waals surface area (Å²) in [7, 11) is 2.46. The molecule has 2 heterocycles. The molecule has 2 aromatic rings. The van der Waals surface area contributed by atoms with E-state index >= 15 is 0 Å². The predicted molar refractivity (Wildman–Crippen MR) is 151 cm³/mol. The van der Waals surface area contributed by atoms with E-state index in [0.29, 0.717) is 22.9 Å². The first-order valence-corrected chi connectivity index (χ1v) is 13.4. The molecule has 4 rings (SSSR count). The Morgan fingerprint density at radius 3 is 2.30 bits per heavy atom. The minimum Gasteiger partial charge on any atom is -0.489 e. The number of carbonyl (C=O) groups is 2. The first-order valence-electron chi connectivity index (χ1n) is 13.4. The van der Waals surface area contributed by atoms with Gasteiger partial charge in [0.1, 0.15) is 17.3 Å². The number of nitriles is 1. The maximum Gasteiger partial charge on any atom is 0.355 e. The van der Waals surface area contributed by atoms with Gasteiger partial charge < -0.3 is 25.3 Å². The molecule has 1 unspecified atom stereocenters. The molecule has 1 saturated heterocycles. The standard InChI is InChI=1S/C31H36N4O5/c1-18(2)40-25-16-22(20-11-13-34-14-12-20)19(3)15-24(25)35-28(31(37)39-5)27(30(36)38-4)26(23(17-32)29(35)33)21-9-7-6-8-10-21/h6-10,15-16,18,20,26,34H,11-14,33H2,1-5H3. The summed E-state index contributed by atoms with van der Waals surface area (Å²) in [5.41, 5.74) is 9.86. The number of anilines is 1. The Bertz CT molecular complexity index is 1380. The van der Waals surface area contributed by atoms with Crippen molar-refractivity contribution in [2.75, 3.05) is 32.2 Å². The molecular weight excluding hydrogens is 508 g/mol. The van der Waals surface area contributed by atoms with E-state index in [1.807, 2.05) is 39.0 Å². The third-order valence-electron chi connectivity index (χ3n) is 7.34. The van der Waals surface area contributed by atoms with Crippen LogP contribution in [0.4, 0.5) is 5.69 Å². The molecule has 1 atom stereocenters. The lowest BCUT2D eigenvalue weighted by atomic mass is 9.80. The molecule has 2 aromatic carbocycles. The number of ether oxygens (including phenoxy) is 3. The van der Waals surface area contributed by atoms with E-state index in [2.05, 4.69) is 11.4 Å². The number of piperidine rings is 1. The number of benzene rings is 2. The SMILES string of the molecule is COC(=O)C1=C(C(=O)OC)N(c2cc(C)c(C3CCNCC3)cc2OC(C)C)C(N)=C(C#N)C1c1ccccc1. The van der Waals surface area contributed by atoms with E-state index in [-0.39, 0.29) is 28.8 Å². The molecule has 40 heavy (non-hydrogen) atoms. The van der Waals surface area contributed by atoms with Crippen molar-refractivity contribution in [1.82, 2.24) is 5.32 Å². The van der Waals surface area contributed by atoms with Crippen LogP contribution in [0.25, 0.3) is 0 Å². The second-order valence-electron chi connectivity index (χ2n) is 10.2. The van der Waals surface area contributed by atoms with Crippen molar-refractivity contribution in [2.45, 2.75) is 51.6 Å². The molecule has 0 aliphatic carbocycles. The van der Waals surface area contributed by atoms with Crippen LogP contribution in [-0.4, -0.2) is 45.4 Å². The van der Waals surface area contributed by atoms with Crippen molar-refractivity contribution in [3.63, 3.8) is 0 Å². The molecule has 1 fully saturated rings. The molecular formula is C31H36N4O5. The van der Waals surface area contributed by atoms with Crippen molar-refractivity contribution >= 4 is 17.6 Å². The zero-order valence-electron chi connectivity index (χ0n) is 23.6. The highest BCUT2D eigenvalue weighted by Crippen LogP contribution is 2.47. The van der Waals surface area contributed by atoms with Crippen molar-refractivity contribution in [1.29, 1.82) is 5.26 Å². The Morgan fingerprint density at radius 1 is 1.07 bits per heavy atom. The Balaban J connectivity index is 2.04. The summed E-state index contributed by atoms with van der Waals surface area (Å²) in [6.45, 7) is 7.68. The number of aryl methyl sites for hydroxylation is 1. The van der Waals surface area contributed by atoms with Gasteiger partial charge in [-0.05, 0) is 81.4 Å². The van der Waals surface area contributed by atoms with Crippen LogP contribution in [0.1, 0.15) is 55.2 Å². The molecule has 0 aromatic heterocycles. The number of nitrogens with zero attached hydrogens (tertiary/aromatic N) is 2. The molecule has 2 aliphatic heterocycles. The van der Waals surface area contributed by atoms with Crippen LogP contribution in [0.2, 0.25) is 0 Å². The highest BCUT2D eigenvalue weighted by Gasteiger charge is 2.44. The monoisotopic (exact) mass is 544 g/mol. The highest BCUT2D eigenvalue weighted by molar-refractivity contribution is 6.06. The van der Waals surface area contributed by atoms with Gasteiger partial charge in [-0.1, -0.05) is 30.3 Å². The fourth-order valence-corrected chi connectivity index (χ4v) is 5.55. The largest absolute Gasteiger partial charge is 0.489 e. The molecule has 0 radical (unpaired) electrons. The van der Waals surface area contributed by atoms with Crippen LogP contribution in [0, 0.1) is 18.3 Å². The minimum absolute atomic E-state index is 0.00651. The summed E-state index contributed by atoms with van der Waals surface area (Å²) in [6, 6.07) is 15.0. The fraction of sp³-hybridized carbons (Fsp3) is 0.387. The van der Waals surface area contributed by atoms with Gasteiger partial charge in [-0.3, -0.25) is 4.90 Å². The number of rotatable bonds is 7. The molecule has 0 bridgehead atoms. The normalized spacial score (nSPS) is 18.0. The highest BCUT2D eigenvalue weighted by atomic mass is 16.5. The summed E-state index contributed by atoms with van der Waals surface area (Å²) >= 11 is 0. The number of methoxy groups -OCH3 is 2. The Kier molecular flexibility index (Phi) is 8.80. The molecule has 9 nitrogen and oxygen atoms in total. The summed E-state index contributed by atoms with van der Waals surface area (Å²) in [6.07, 6.45) is 1.78. The van der Waals surface area contributed by atoms with E-state index in [1.165, 1.54) is 19.1 Å². The van der Waals surface area contributed by atoms with Crippen LogP contribution in [-0.2, 0) is 19.1 Å². The van der Waals surface area contributed by atoms with Crippen molar-refractivity contribution in [2.24, 2.45) is 5.73 Å². The van der Waals surface area contributed by atoms with Crippen molar-refractivity contribution < 1.29 is 23.8 Å². The van der Waals surface area contributed by atoms with Gasteiger partial charge in [-0.25, -0.2) is 9.59 Å². The lowest BCUT2D eigenvalue weighted by Gasteiger charge is -2.37. The van der Waals surface area contributed by atoms with Gasteiger partial charge in [-0.15, -0.1) is 0 Å². The van der Waals surface area contributed by atoms with Crippen LogP contribution >= 0.6 is 0 Å². The lowest BCUT2D eigenvalue weighted by molar-refractivity contribution is -0.139. The van der Waals surface area contributed by atoms with Gasteiger partial charge in [0.15, 0.2) is 0 Å². The van der Waals surface area contributed by atoms with E-state index in [9.17, 15) is 14.9 Å². The number of nitrogens with one attached hydrogen (secondary N) is 1. The molecule has 2 aliphatic rings. The fourth-order valence-electron chi connectivity index (χ4n) is 5.55. The number of allylic oxidation sites excluding steroid dienone is 1. The maximum atomic E-state index is 13.5. The van der Waals surface area contributed by atoms with Gasteiger partial charge in [0.25, 0.3) is 0 Å². The summed E-state index contributed by atoms with van der Waals surface area (Å²) in [4.78, 5) is 28.3. The zero-order chi connectivity index (χ0) is 29.0. The molecule has 0 amide bonds. The second-order valence-corrected chi connectivity index (χ2v) is 10.2. The van der Waals surface area contributed by atoms with Gasteiger partial charge in [-0.2, -0.15) is 5.26 Å². The van der Waals surface area contributed by atoms with Crippen molar-refractivity contribution in [3.05, 3.63) is 81.8 Å². The topological polar surface area (TPSA) is 127 Å². The molecule has 0 spiro atoms. The molecule has 210 valence electrons. The van der Waals surface area contributed by atoms with E-state index in [1.54, 1.807) is 24.3 Å². The van der Waals surface area contributed by atoms with Crippen LogP contribution in [0.5, 0.6) is 5.75 Å². The van der Waals surface area contributed by atoms with E-state index in [4.69, 9.17) is 19.9 Å². The van der Waals surface area contributed by atoms with Crippen LogP contribution in [0.15, 0.2) is 65.1 Å². The molecule has 3 N–H and O–H groups in total. The Hall–Kier alpha value is -4.29. The number of hydrogen-bond acceptors (Lipinski definition) is 9. The van der Waals surface area contributed by atoms with E-state index in [0.717, 1.165) is 37.1 Å². The van der Waals surface area contributed by atoms with E-state index < -0.39 is 17.9 Å². The Labute approximate surface area is 235 Å². The first kappa shape index (κ1) is 28.7.